The number of piperidine rings is 1. The van der Waals surface area contributed by atoms with Crippen molar-refractivity contribution in [2.75, 3.05) is 6.54 Å². The summed E-state index contributed by atoms with van der Waals surface area (Å²) in [7, 11) is 0. The third-order valence-electron chi connectivity index (χ3n) is 6.09. The van der Waals surface area contributed by atoms with Crippen LogP contribution in [0.4, 0.5) is 4.39 Å². The Balaban J connectivity index is 1.24. The van der Waals surface area contributed by atoms with Crippen molar-refractivity contribution < 1.29 is 13.6 Å². The Morgan fingerprint density at radius 1 is 0.938 bits per heavy atom. The summed E-state index contributed by atoms with van der Waals surface area (Å²) in [5, 5.41) is 8.27. The van der Waals surface area contributed by atoms with E-state index in [1.54, 1.807) is 12.1 Å². The van der Waals surface area contributed by atoms with Crippen LogP contribution in [-0.2, 0) is 24.1 Å². The van der Waals surface area contributed by atoms with Crippen LogP contribution in [-0.4, -0.2) is 27.5 Å². The molecule has 1 saturated heterocycles. The molecule has 4 rings (SSSR count). The molecule has 0 aliphatic carbocycles. The van der Waals surface area contributed by atoms with E-state index in [4.69, 9.17) is 4.42 Å². The fourth-order valence-electron chi connectivity index (χ4n) is 4.36. The molecule has 1 aliphatic heterocycles. The van der Waals surface area contributed by atoms with Gasteiger partial charge in [0.25, 0.3) is 0 Å². The van der Waals surface area contributed by atoms with E-state index in [2.05, 4.69) is 34.5 Å². The van der Waals surface area contributed by atoms with E-state index >= 15 is 0 Å². The minimum absolute atomic E-state index is 0.0136. The molecule has 1 aliphatic rings. The van der Waals surface area contributed by atoms with E-state index in [0.717, 1.165) is 57.1 Å². The van der Waals surface area contributed by atoms with Crippen molar-refractivity contribution in [1.82, 2.24) is 15.1 Å². The van der Waals surface area contributed by atoms with Gasteiger partial charge in [0.2, 0.25) is 17.7 Å². The third kappa shape index (κ3) is 6.02. The molecule has 1 atom stereocenters. The Kier molecular flexibility index (Phi) is 7.64. The number of amides is 1. The zero-order valence-electron chi connectivity index (χ0n) is 18.4. The van der Waals surface area contributed by atoms with Crippen LogP contribution in [0.2, 0.25) is 0 Å². The lowest BCUT2D eigenvalue weighted by Crippen LogP contribution is -2.38. The number of benzene rings is 2. The minimum atomic E-state index is -0.255. The molecular formula is C26H30FN3O2. The van der Waals surface area contributed by atoms with Gasteiger partial charge in [-0.3, -0.25) is 4.79 Å². The second-order valence-corrected chi connectivity index (χ2v) is 8.43. The number of hydrogen-bond donors (Lipinski definition) is 0. The van der Waals surface area contributed by atoms with Crippen LogP contribution in [0, 0.1) is 5.82 Å². The second kappa shape index (κ2) is 11.0. The molecule has 1 aromatic heterocycles. The third-order valence-corrected chi connectivity index (χ3v) is 6.09. The standard InChI is InChI=1S/C26H30FN3O2/c27-22-15-13-21(14-16-22)23-11-6-7-19-30(23)26(31)18-17-25-29-28-24(32-25)12-5-4-10-20-8-2-1-3-9-20/h1-3,8-9,13-16,23H,4-7,10-12,17-19H2. The maximum absolute atomic E-state index is 13.3. The number of carbonyl (C=O) groups is 1. The smallest absolute Gasteiger partial charge is 0.223 e. The molecule has 1 amide bonds. The van der Waals surface area contributed by atoms with Crippen molar-refractivity contribution in [1.29, 1.82) is 0 Å². The van der Waals surface area contributed by atoms with Gasteiger partial charge >= 0.3 is 0 Å². The van der Waals surface area contributed by atoms with Crippen LogP contribution < -0.4 is 0 Å². The lowest BCUT2D eigenvalue weighted by atomic mass is 9.94. The van der Waals surface area contributed by atoms with Crippen LogP contribution in [0.3, 0.4) is 0 Å². The Morgan fingerprint density at radius 3 is 2.44 bits per heavy atom. The SMILES string of the molecule is O=C(CCc1nnc(CCCCc2ccccc2)o1)N1CCCCC1c1ccc(F)cc1. The van der Waals surface area contributed by atoms with E-state index < -0.39 is 0 Å². The molecule has 1 fully saturated rings. The molecule has 0 N–H and O–H groups in total. The maximum atomic E-state index is 13.3. The van der Waals surface area contributed by atoms with Gasteiger partial charge in [-0.2, -0.15) is 0 Å². The minimum Gasteiger partial charge on any atom is -0.425 e. The molecule has 168 valence electrons. The van der Waals surface area contributed by atoms with Crippen molar-refractivity contribution in [3.05, 3.63) is 83.3 Å². The van der Waals surface area contributed by atoms with Crippen LogP contribution in [0.5, 0.6) is 0 Å². The molecule has 0 bridgehead atoms. The van der Waals surface area contributed by atoms with Gasteiger partial charge in [0.05, 0.1) is 6.04 Å². The Hall–Kier alpha value is -3.02. The number of likely N-dealkylation sites (tertiary alicyclic amines) is 1. The zero-order chi connectivity index (χ0) is 22.2. The predicted octanol–water partition coefficient (Wildman–Crippen LogP) is 5.46. The van der Waals surface area contributed by atoms with Gasteiger partial charge in [0, 0.05) is 25.8 Å². The number of aryl methyl sites for hydroxylation is 3. The molecule has 3 aromatic rings. The quantitative estimate of drug-likeness (QED) is 0.419. The summed E-state index contributed by atoms with van der Waals surface area (Å²) in [5.74, 6) is 0.991. The van der Waals surface area contributed by atoms with Gasteiger partial charge in [0.1, 0.15) is 5.82 Å². The number of carbonyl (C=O) groups excluding carboxylic acids is 1. The van der Waals surface area contributed by atoms with E-state index in [0.29, 0.717) is 24.6 Å². The van der Waals surface area contributed by atoms with Gasteiger partial charge in [0.15, 0.2) is 0 Å². The van der Waals surface area contributed by atoms with Gasteiger partial charge in [-0.25, -0.2) is 4.39 Å². The summed E-state index contributed by atoms with van der Waals surface area (Å²) in [4.78, 5) is 14.9. The Bertz CT molecular complexity index is 988. The largest absolute Gasteiger partial charge is 0.425 e. The van der Waals surface area contributed by atoms with Crippen LogP contribution in [0.1, 0.15) is 67.5 Å². The average Bonchev–Trinajstić information content (AvgIpc) is 3.29. The first kappa shape index (κ1) is 22.2. The van der Waals surface area contributed by atoms with Crippen molar-refractivity contribution in [2.24, 2.45) is 0 Å². The summed E-state index contributed by atoms with van der Waals surface area (Å²) in [6.07, 6.45) is 7.62. The highest BCUT2D eigenvalue weighted by molar-refractivity contribution is 5.77. The van der Waals surface area contributed by atoms with E-state index in [1.165, 1.54) is 17.7 Å². The lowest BCUT2D eigenvalue weighted by Gasteiger charge is -2.36. The number of halogens is 1. The van der Waals surface area contributed by atoms with Crippen molar-refractivity contribution in [3.8, 4) is 0 Å². The van der Waals surface area contributed by atoms with Gasteiger partial charge in [-0.15, -0.1) is 10.2 Å². The number of rotatable bonds is 9. The first-order valence-electron chi connectivity index (χ1n) is 11.6. The maximum Gasteiger partial charge on any atom is 0.223 e. The highest BCUT2D eigenvalue weighted by atomic mass is 19.1. The number of aromatic nitrogens is 2. The number of nitrogens with zero attached hydrogens (tertiary/aromatic N) is 3. The first-order chi connectivity index (χ1) is 15.7. The fourth-order valence-corrected chi connectivity index (χ4v) is 4.36. The van der Waals surface area contributed by atoms with Gasteiger partial charge in [-0.05, 0) is 61.8 Å². The summed E-state index contributed by atoms with van der Waals surface area (Å²) in [6.45, 7) is 0.734. The van der Waals surface area contributed by atoms with Crippen molar-refractivity contribution in [2.45, 2.75) is 63.8 Å². The van der Waals surface area contributed by atoms with E-state index in [-0.39, 0.29) is 17.8 Å². The second-order valence-electron chi connectivity index (χ2n) is 8.43. The lowest BCUT2D eigenvalue weighted by molar-refractivity contribution is -0.135. The molecule has 5 nitrogen and oxygen atoms in total. The summed E-state index contributed by atoms with van der Waals surface area (Å²) < 4.78 is 19.1. The highest BCUT2D eigenvalue weighted by Crippen LogP contribution is 2.31. The molecule has 6 heteroatoms. The molecule has 2 aromatic carbocycles. The molecule has 0 radical (unpaired) electrons. The summed E-state index contributed by atoms with van der Waals surface area (Å²) in [6, 6.07) is 17.0. The van der Waals surface area contributed by atoms with Crippen LogP contribution >= 0.6 is 0 Å². The first-order valence-corrected chi connectivity index (χ1v) is 11.6. The molecule has 2 heterocycles. The van der Waals surface area contributed by atoms with Crippen LogP contribution in [0.25, 0.3) is 0 Å². The highest BCUT2D eigenvalue weighted by Gasteiger charge is 2.28. The van der Waals surface area contributed by atoms with Gasteiger partial charge < -0.3 is 9.32 Å². The monoisotopic (exact) mass is 435 g/mol. The molecule has 1 unspecified atom stereocenters. The Labute approximate surface area is 188 Å². The number of unbranched alkanes of at least 4 members (excludes halogenated alkanes) is 1. The van der Waals surface area contributed by atoms with E-state index in [1.807, 2.05) is 11.0 Å². The van der Waals surface area contributed by atoms with Crippen molar-refractivity contribution >= 4 is 5.91 Å². The van der Waals surface area contributed by atoms with Crippen LogP contribution in [0.15, 0.2) is 59.0 Å². The zero-order valence-corrected chi connectivity index (χ0v) is 18.4. The van der Waals surface area contributed by atoms with E-state index in [9.17, 15) is 9.18 Å². The molecule has 0 spiro atoms. The fraction of sp³-hybridized carbons (Fsp3) is 0.423. The molecule has 32 heavy (non-hydrogen) atoms. The number of hydrogen-bond acceptors (Lipinski definition) is 4. The molecular weight excluding hydrogens is 405 g/mol. The van der Waals surface area contributed by atoms with Crippen molar-refractivity contribution in [3.63, 3.8) is 0 Å². The Morgan fingerprint density at radius 2 is 1.66 bits per heavy atom. The topological polar surface area (TPSA) is 59.2 Å². The normalized spacial score (nSPS) is 16.3. The summed E-state index contributed by atoms with van der Waals surface area (Å²) in [5.41, 5.74) is 2.34. The summed E-state index contributed by atoms with van der Waals surface area (Å²) >= 11 is 0. The predicted molar refractivity (Wildman–Crippen MR) is 120 cm³/mol. The molecule has 0 saturated carbocycles. The average molecular weight is 436 g/mol. The van der Waals surface area contributed by atoms with Gasteiger partial charge in [-0.1, -0.05) is 42.5 Å².